The first-order chi connectivity index (χ1) is 10.3. The van der Waals surface area contributed by atoms with E-state index in [1.807, 2.05) is 17.5 Å². The zero-order chi connectivity index (χ0) is 14.5. The molecule has 0 aliphatic carbocycles. The number of fused-ring (bicyclic) bond motifs is 1. The molecule has 21 heavy (non-hydrogen) atoms. The molecule has 0 spiro atoms. The molecule has 1 N–H and O–H groups in total. The van der Waals surface area contributed by atoms with Crippen molar-refractivity contribution >= 4 is 23.5 Å². The van der Waals surface area contributed by atoms with Gasteiger partial charge in [-0.05, 0) is 23.6 Å². The molecule has 1 aromatic carbocycles. The average molecular weight is 304 g/mol. The monoisotopic (exact) mass is 304 g/mol. The smallest absolute Gasteiger partial charge is 0.277 e. The Morgan fingerprint density at radius 2 is 2.29 bits per heavy atom. The molecule has 2 aromatic rings. The van der Waals surface area contributed by atoms with Gasteiger partial charge in [0.05, 0.1) is 6.21 Å². The molecule has 1 amide bonds. The quantitative estimate of drug-likeness (QED) is 0.677. The van der Waals surface area contributed by atoms with Crippen molar-refractivity contribution in [3.63, 3.8) is 0 Å². The summed E-state index contributed by atoms with van der Waals surface area (Å²) < 4.78 is 15.8. The van der Waals surface area contributed by atoms with E-state index in [0.29, 0.717) is 17.2 Å². The number of thiophene rings is 1. The fraction of sp³-hybridized carbons (Fsp3) is 0.143. The number of nitrogens with one attached hydrogen (secondary N) is 1. The second kappa shape index (κ2) is 6.27. The number of hydrogen-bond acceptors (Lipinski definition) is 6. The molecule has 3 rings (SSSR count). The van der Waals surface area contributed by atoms with Crippen LogP contribution in [-0.2, 0) is 4.79 Å². The Kier molecular flexibility index (Phi) is 4.02. The highest BCUT2D eigenvalue weighted by Gasteiger charge is 2.14. The van der Waals surface area contributed by atoms with Gasteiger partial charge in [0.15, 0.2) is 18.1 Å². The van der Waals surface area contributed by atoms with E-state index in [1.165, 1.54) is 11.3 Å². The molecule has 0 saturated carbocycles. The summed E-state index contributed by atoms with van der Waals surface area (Å²) in [5.41, 5.74) is 2.40. The van der Waals surface area contributed by atoms with Crippen LogP contribution >= 0.6 is 11.3 Å². The van der Waals surface area contributed by atoms with Gasteiger partial charge >= 0.3 is 0 Å². The van der Waals surface area contributed by atoms with Gasteiger partial charge < -0.3 is 14.2 Å². The molecule has 1 aliphatic heterocycles. The fourth-order valence-corrected chi connectivity index (χ4v) is 2.27. The summed E-state index contributed by atoms with van der Waals surface area (Å²) in [6.07, 6.45) is 1.59. The molecule has 1 aromatic heterocycles. The third kappa shape index (κ3) is 3.51. The summed E-state index contributed by atoms with van der Waals surface area (Å²) in [5.74, 6) is 1.49. The number of rotatable bonds is 5. The molecule has 7 heteroatoms. The van der Waals surface area contributed by atoms with Crippen LogP contribution in [0.3, 0.4) is 0 Å². The van der Waals surface area contributed by atoms with E-state index in [9.17, 15) is 4.79 Å². The Labute approximate surface area is 125 Å². The van der Waals surface area contributed by atoms with Crippen LogP contribution in [0.25, 0.3) is 0 Å². The minimum absolute atomic E-state index is 0.124. The van der Waals surface area contributed by atoms with Crippen LogP contribution in [0.1, 0.15) is 4.88 Å². The number of benzene rings is 1. The third-order valence-corrected chi connectivity index (χ3v) is 3.45. The number of carbonyl (C=O) groups is 1. The van der Waals surface area contributed by atoms with Gasteiger partial charge in [-0.2, -0.15) is 5.10 Å². The Hall–Kier alpha value is -2.54. The van der Waals surface area contributed by atoms with Crippen molar-refractivity contribution in [2.24, 2.45) is 5.10 Å². The summed E-state index contributed by atoms with van der Waals surface area (Å²) in [6, 6.07) is 8.96. The molecule has 0 bridgehead atoms. The molecular weight excluding hydrogens is 292 g/mol. The minimum atomic E-state index is -0.333. The normalized spacial score (nSPS) is 12.6. The van der Waals surface area contributed by atoms with Crippen molar-refractivity contribution in [3.8, 4) is 17.2 Å². The fourth-order valence-electron chi connectivity index (χ4n) is 1.68. The molecular formula is C14H12N2O4S. The highest BCUT2D eigenvalue weighted by Crippen LogP contribution is 2.34. The van der Waals surface area contributed by atoms with Gasteiger partial charge in [-0.25, -0.2) is 5.43 Å². The Morgan fingerprint density at radius 3 is 3.14 bits per heavy atom. The molecule has 2 heterocycles. The van der Waals surface area contributed by atoms with E-state index in [0.717, 1.165) is 4.88 Å². The number of hydrazone groups is 1. The van der Waals surface area contributed by atoms with E-state index in [2.05, 4.69) is 10.5 Å². The number of carbonyl (C=O) groups excluding carboxylic acids is 1. The van der Waals surface area contributed by atoms with E-state index in [1.54, 1.807) is 24.4 Å². The van der Waals surface area contributed by atoms with Crippen LogP contribution in [0.15, 0.2) is 40.8 Å². The maximum Gasteiger partial charge on any atom is 0.277 e. The van der Waals surface area contributed by atoms with E-state index in [4.69, 9.17) is 14.2 Å². The van der Waals surface area contributed by atoms with E-state index >= 15 is 0 Å². The van der Waals surface area contributed by atoms with Gasteiger partial charge in [0.1, 0.15) is 5.75 Å². The van der Waals surface area contributed by atoms with Gasteiger partial charge in [-0.15, -0.1) is 11.3 Å². The van der Waals surface area contributed by atoms with Gasteiger partial charge in [-0.3, -0.25) is 4.79 Å². The first-order valence-corrected chi connectivity index (χ1v) is 7.07. The van der Waals surface area contributed by atoms with Crippen LogP contribution in [0, 0.1) is 0 Å². The van der Waals surface area contributed by atoms with Crippen LogP contribution < -0.4 is 19.6 Å². The SMILES string of the molecule is O=C(COc1ccc2c(c1)OCO2)NN=Cc1cccs1. The first-order valence-electron chi connectivity index (χ1n) is 6.19. The molecule has 6 nitrogen and oxygen atoms in total. The Balaban J connectivity index is 1.47. The topological polar surface area (TPSA) is 69.2 Å². The minimum Gasteiger partial charge on any atom is -0.484 e. The van der Waals surface area contributed by atoms with Crippen molar-refractivity contribution in [3.05, 3.63) is 40.6 Å². The van der Waals surface area contributed by atoms with E-state index < -0.39 is 0 Å². The maximum absolute atomic E-state index is 11.6. The maximum atomic E-state index is 11.6. The van der Waals surface area contributed by atoms with Crippen molar-refractivity contribution < 1.29 is 19.0 Å². The highest BCUT2D eigenvalue weighted by atomic mass is 32.1. The molecule has 0 atom stereocenters. The lowest BCUT2D eigenvalue weighted by Crippen LogP contribution is -2.24. The largest absolute Gasteiger partial charge is 0.484 e. The lowest BCUT2D eigenvalue weighted by Gasteiger charge is -2.05. The number of ether oxygens (including phenoxy) is 3. The third-order valence-electron chi connectivity index (χ3n) is 2.64. The summed E-state index contributed by atoms with van der Waals surface area (Å²) >= 11 is 1.54. The number of amides is 1. The Morgan fingerprint density at radius 1 is 1.38 bits per heavy atom. The van der Waals surface area contributed by atoms with Crippen molar-refractivity contribution in [2.75, 3.05) is 13.4 Å². The molecule has 1 aliphatic rings. The standard InChI is InChI=1S/C14H12N2O4S/c17-14(16-15-7-11-2-1-5-21-11)8-18-10-3-4-12-13(6-10)20-9-19-12/h1-7H,8-9H2,(H,16,17). The van der Waals surface area contributed by atoms with Crippen molar-refractivity contribution in [1.29, 1.82) is 0 Å². The van der Waals surface area contributed by atoms with Crippen LogP contribution in [0.5, 0.6) is 17.2 Å². The predicted octanol–water partition coefficient (Wildman–Crippen LogP) is 2.01. The number of nitrogens with zero attached hydrogens (tertiary/aromatic N) is 1. The second-order valence-electron chi connectivity index (χ2n) is 4.11. The van der Waals surface area contributed by atoms with Crippen molar-refractivity contribution in [1.82, 2.24) is 5.43 Å². The average Bonchev–Trinajstić information content (AvgIpc) is 3.15. The van der Waals surface area contributed by atoms with Crippen LogP contribution in [0.4, 0.5) is 0 Å². The van der Waals surface area contributed by atoms with Gasteiger partial charge in [0, 0.05) is 10.9 Å². The second-order valence-corrected chi connectivity index (χ2v) is 5.09. The van der Waals surface area contributed by atoms with Crippen LogP contribution in [-0.4, -0.2) is 25.5 Å². The first kappa shape index (κ1) is 13.4. The Bertz CT molecular complexity index is 655. The van der Waals surface area contributed by atoms with Crippen molar-refractivity contribution in [2.45, 2.75) is 0 Å². The van der Waals surface area contributed by atoms with E-state index in [-0.39, 0.29) is 19.3 Å². The molecule has 0 fully saturated rings. The lowest BCUT2D eigenvalue weighted by molar-refractivity contribution is -0.123. The lowest BCUT2D eigenvalue weighted by atomic mass is 10.3. The van der Waals surface area contributed by atoms with Gasteiger partial charge in [-0.1, -0.05) is 6.07 Å². The molecule has 108 valence electrons. The molecule has 0 radical (unpaired) electrons. The highest BCUT2D eigenvalue weighted by molar-refractivity contribution is 7.11. The predicted molar refractivity (Wildman–Crippen MR) is 78.1 cm³/mol. The summed E-state index contributed by atoms with van der Waals surface area (Å²) in [6.45, 7) is 0.0815. The summed E-state index contributed by atoms with van der Waals surface area (Å²) in [5, 5.41) is 5.78. The molecule has 0 unspecified atom stereocenters. The number of hydrogen-bond donors (Lipinski definition) is 1. The molecule has 0 saturated heterocycles. The zero-order valence-electron chi connectivity index (χ0n) is 10.9. The zero-order valence-corrected chi connectivity index (χ0v) is 11.8. The van der Waals surface area contributed by atoms with Gasteiger partial charge in [0.2, 0.25) is 6.79 Å². The summed E-state index contributed by atoms with van der Waals surface area (Å²) in [7, 11) is 0. The van der Waals surface area contributed by atoms with Gasteiger partial charge in [0.25, 0.3) is 5.91 Å². The summed E-state index contributed by atoms with van der Waals surface area (Å²) in [4.78, 5) is 12.5. The van der Waals surface area contributed by atoms with Crippen LogP contribution in [0.2, 0.25) is 0 Å².